The first-order valence-corrected chi connectivity index (χ1v) is 15.6. The van der Waals surface area contributed by atoms with Crippen LogP contribution in [0.3, 0.4) is 0 Å². The first kappa shape index (κ1) is 30.0. The van der Waals surface area contributed by atoms with Crippen molar-refractivity contribution in [1.29, 1.82) is 0 Å². The molecule has 2 amide bonds. The molecule has 0 radical (unpaired) electrons. The number of sulfonamides is 1. The Labute approximate surface area is 232 Å². The number of amides is 2. The monoisotopic (exact) mass is 561 g/mol. The molecule has 3 rings (SSSR count). The number of nitrogens with zero attached hydrogens (tertiary/aromatic N) is 2. The Morgan fingerprint density at radius 1 is 1.08 bits per heavy atom. The van der Waals surface area contributed by atoms with Gasteiger partial charge < -0.3 is 10.2 Å². The maximum atomic E-state index is 13.5. The Hall–Kier alpha value is -2.58. The molecule has 0 saturated heterocycles. The topological polar surface area (TPSA) is 86.8 Å². The Kier molecular flexibility index (Phi) is 10.6. The highest BCUT2D eigenvalue weighted by Crippen LogP contribution is 2.27. The molecule has 0 spiro atoms. The number of hydrogen-bond acceptors (Lipinski definition) is 4. The summed E-state index contributed by atoms with van der Waals surface area (Å²) in [4.78, 5) is 28.3. The molecule has 1 aliphatic rings. The number of halogens is 1. The highest BCUT2D eigenvalue weighted by Gasteiger charge is 2.28. The summed E-state index contributed by atoms with van der Waals surface area (Å²) in [6.07, 6.45) is 6.90. The van der Waals surface area contributed by atoms with E-state index in [9.17, 15) is 18.0 Å². The fraction of sp³-hybridized carbons (Fsp3) is 0.517. The van der Waals surface area contributed by atoms with Crippen LogP contribution in [0.15, 0.2) is 42.5 Å². The maximum absolute atomic E-state index is 13.5. The molecule has 1 saturated carbocycles. The van der Waals surface area contributed by atoms with Gasteiger partial charge in [-0.05, 0) is 63.3 Å². The molecular weight excluding hydrogens is 522 g/mol. The lowest BCUT2D eigenvalue weighted by molar-refractivity contribution is -0.141. The van der Waals surface area contributed by atoms with Gasteiger partial charge in [0, 0.05) is 30.6 Å². The van der Waals surface area contributed by atoms with E-state index in [1.807, 2.05) is 38.1 Å². The Morgan fingerprint density at radius 2 is 1.79 bits per heavy atom. The Bertz CT molecular complexity index is 1230. The molecule has 1 atom stereocenters. The van der Waals surface area contributed by atoms with Crippen LogP contribution in [-0.2, 0) is 26.2 Å². The predicted octanol–water partition coefficient (Wildman–Crippen LogP) is 5.37. The standard InChI is InChI=1S/C29H40ClN3O4S/c1-21-10-8-11-24(18-21)20-32(23(3)29(35)31-26-12-6-5-7-13-26)28(34)14-9-17-33(38(4,36)37)27-19-25(30)16-15-22(27)2/h8,10-11,15-16,18-19,23,26H,5-7,9,12-14,17,20H2,1-4H3,(H,31,35)/t23-/m0/s1. The van der Waals surface area contributed by atoms with Crippen LogP contribution in [-0.4, -0.2) is 50.0 Å². The average molecular weight is 562 g/mol. The van der Waals surface area contributed by atoms with E-state index in [-0.39, 0.29) is 30.8 Å². The SMILES string of the molecule is Cc1cccc(CN(C(=O)CCCN(c2cc(Cl)ccc2C)S(C)(=O)=O)[C@@H](C)C(=O)NC2CCCCC2)c1. The number of carbonyl (C=O) groups excluding carboxylic acids is 2. The summed E-state index contributed by atoms with van der Waals surface area (Å²) in [6.45, 7) is 6.03. The number of anilines is 1. The zero-order valence-electron chi connectivity index (χ0n) is 22.9. The average Bonchev–Trinajstić information content (AvgIpc) is 2.86. The van der Waals surface area contributed by atoms with Crippen molar-refractivity contribution in [3.63, 3.8) is 0 Å². The third-order valence-electron chi connectivity index (χ3n) is 7.15. The van der Waals surface area contributed by atoms with E-state index in [2.05, 4.69) is 5.32 Å². The third kappa shape index (κ3) is 8.46. The number of hydrogen-bond donors (Lipinski definition) is 1. The van der Waals surface area contributed by atoms with Crippen molar-refractivity contribution in [3.8, 4) is 0 Å². The van der Waals surface area contributed by atoms with E-state index < -0.39 is 16.1 Å². The molecule has 1 N–H and O–H groups in total. The molecule has 1 fully saturated rings. The smallest absolute Gasteiger partial charge is 0.242 e. The molecule has 7 nitrogen and oxygen atoms in total. The van der Waals surface area contributed by atoms with Gasteiger partial charge in [-0.25, -0.2) is 8.42 Å². The van der Waals surface area contributed by atoms with Crippen molar-refractivity contribution in [3.05, 3.63) is 64.2 Å². The van der Waals surface area contributed by atoms with E-state index in [0.717, 1.165) is 48.6 Å². The summed E-state index contributed by atoms with van der Waals surface area (Å²) in [6, 6.07) is 12.5. The summed E-state index contributed by atoms with van der Waals surface area (Å²) in [5.74, 6) is -0.334. The third-order valence-corrected chi connectivity index (χ3v) is 8.56. The van der Waals surface area contributed by atoms with E-state index in [1.165, 1.54) is 10.7 Å². The van der Waals surface area contributed by atoms with Crippen LogP contribution in [0.25, 0.3) is 0 Å². The molecule has 0 bridgehead atoms. The molecule has 208 valence electrons. The lowest BCUT2D eigenvalue weighted by Crippen LogP contribution is -2.50. The number of carbonyl (C=O) groups is 2. The first-order valence-electron chi connectivity index (χ1n) is 13.3. The summed E-state index contributed by atoms with van der Waals surface area (Å²) >= 11 is 6.14. The Morgan fingerprint density at radius 3 is 2.45 bits per heavy atom. The van der Waals surface area contributed by atoms with Crippen molar-refractivity contribution in [2.24, 2.45) is 0 Å². The second-order valence-electron chi connectivity index (χ2n) is 10.4. The minimum absolute atomic E-state index is 0.110. The molecule has 0 aromatic heterocycles. The van der Waals surface area contributed by atoms with Crippen molar-refractivity contribution in [1.82, 2.24) is 10.2 Å². The van der Waals surface area contributed by atoms with Gasteiger partial charge in [0.1, 0.15) is 6.04 Å². The molecule has 0 heterocycles. The minimum Gasteiger partial charge on any atom is -0.352 e. The number of rotatable bonds is 11. The van der Waals surface area contributed by atoms with Gasteiger partial charge in [-0.3, -0.25) is 13.9 Å². The second kappa shape index (κ2) is 13.5. The molecule has 0 aliphatic heterocycles. The summed E-state index contributed by atoms with van der Waals surface area (Å²) in [5.41, 5.74) is 3.31. The van der Waals surface area contributed by atoms with Crippen LogP contribution in [0.4, 0.5) is 5.69 Å². The normalized spacial score (nSPS) is 15.1. The second-order valence-corrected chi connectivity index (χ2v) is 12.7. The van der Waals surface area contributed by atoms with Crippen LogP contribution < -0.4 is 9.62 Å². The molecule has 1 aliphatic carbocycles. The molecule has 2 aromatic carbocycles. The molecule has 0 unspecified atom stereocenters. The fourth-order valence-corrected chi connectivity index (χ4v) is 6.17. The van der Waals surface area contributed by atoms with Crippen molar-refractivity contribution in [2.45, 2.75) is 84.3 Å². The molecule has 2 aromatic rings. The Balaban J connectivity index is 1.74. The quantitative estimate of drug-likeness (QED) is 0.399. The lowest BCUT2D eigenvalue weighted by Gasteiger charge is -2.31. The van der Waals surface area contributed by atoms with E-state index in [1.54, 1.807) is 30.0 Å². The minimum atomic E-state index is -3.59. The van der Waals surface area contributed by atoms with Gasteiger partial charge >= 0.3 is 0 Å². The van der Waals surface area contributed by atoms with Crippen molar-refractivity contribution < 1.29 is 18.0 Å². The van der Waals surface area contributed by atoms with Gasteiger partial charge in [0.2, 0.25) is 21.8 Å². The molecular formula is C29H40ClN3O4S. The highest BCUT2D eigenvalue weighted by molar-refractivity contribution is 7.92. The van der Waals surface area contributed by atoms with Crippen LogP contribution >= 0.6 is 11.6 Å². The summed E-state index contributed by atoms with van der Waals surface area (Å²) in [5, 5.41) is 3.59. The van der Waals surface area contributed by atoms with E-state index in [0.29, 0.717) is 23.7 Å². The molecule has 38 heavy (non-hydrogen) atoms. The van der Waals surface area contributed by atoms with Crippen LogP contribution in [0.5, 0.6) is 0 Å². The summed E-state index contributed by atoms with van der Waals surface area (Å²) < 4.78 is 26.5. The van der Waals surface area contributed by atoms with Gasteiger partial charge in [-0.1, -0.05) is 66.8 Å². The first-order chi connectivity index (χ1) is 18.0. The maximum Gasteiger partial charge on any atom is 0.242 e. The largest absolute Gasteiger partial charge is 0.352 e. The fourth-order valence-electron chi connectivity index (χ4n) is 4.99. The van der Waals surface area contributed by atoms with Crippen LogP contribution in [0, 0.1) is 13.8 Å². The number of aryl methyl sites for hydroxylation is 2. The van der Waals surface area contributed by atoms with E-state index in [4.69, 9.17) is 11.6 Å². The number of nitrogens with one attached hydrogen (secondary N) is 1. The lowest BCUT2D eigenvalue weighted by atomic mass is 9.95. The van der Waals surface area contributed by atoms with Gasteiger partial charge in [-0.2, -0.15) is 0 Å². The van der Waals surface area contributed by atoms with Gasteiger partial charge in [0.25, 0.3) is 0 Å². The van der Waals surface area contributed by atoms with Gasteiger partial charge in [0.05, 0.1) is 11.9 Å². The van der Waals surface area contributed by atoms with Crippen molar-refractivity contribution in [2.75, 3.05) is 17.1 Å². The van der Waals surface area contributed by atoms with Crippen LogP contribution in [0.1, 0.15) is 68.6 Å². The van der Waals surface area contributed by atoms with Crippen LogP contribution in [0.2, 0.25) is 5.02 Å². The predicted molar refractivity (Wildman–Crippen MR) is 154 cm³/mol. The zero-order valence-corrected chi connectivity index (χ0v) is 24.4. The van der Waals surface area contributed by atoms with Crippen molar-refractivity contribution >= 4 is 39.1 Å². The number of benzene rings is 2. The van der Waals surface area contributed by atoms with Gasteiger partial charge in [0.15, 0.2) is 0 Å². The zero-order chi connectivity index (χ0) is 27.9. The highest BCUT2D eigenvalue weighted by atomic mass is 35.5. The van der Waals surface area contributed by atoms with E-state index >= 15 is 0 Å². The summed E-state index contributed by atoms with van der Waals surface area (Å²) in [7, 11) is -3.59. The van der Waals surface area contributed by atoms with Gasteiger partial charge in [-0.15, -0.1) is 0 Å². The molecule has 9 heteroatoms.